The van der Waals surface area contributed by atoms with Gasteiger partial charge in [0.15, 0.2) is 5.82 Å². The van der Waals surface area contributed by atoms with Gasteiger partial charge in [-0.15, -0.1) is 0 Å². The Morgan fingerprint density at radius 1 is 1.00 bits per heavy atom. The highest BCUT2D eigenvalue weighted by Gasteiger charge is 2.31. The number of hydrogen-bond acceptors (Lipinski definition) is 5. The molecule has 0 saturated carbocycles. The van der Waals surface area contributed by atoms with Gasteiger partial charge in [-0.1, -0.05) is 48.0 Å². The van der Waals surface area contributed by atoms with Crippen molar-refractivity contribution in [3.05, 3.63) is 129 Å². The molecule has 1 heterocycles. The van der Waals surface area contributed by atoms with Crippen molar-refractivity contribution in [3.8, 4) is 17.1 Å². The van der Waals surface area contributed by atoms with E-state index in [1.165, 1.54) is 36.5 Å². The number of alkyl halides is 3. The molecule has 0 amide bonds. The molecule has 7 nitrogen and oxygen atoms in total. The number of benzene rings is 4. The van der Waals surface area contributed by atoms with Gasteiger partial charge in [-0.3, -0.25) is 4.79 Å². The van der Waals surface area contributed by atoms with Crippen molar-refractivity contribution >= 4 is 34.7 Å². The Labute approximate surface area is 235 Å². The van der Waals surface area contributed by atoms with Crippen LogP contribution in [0, 0.1) is 0 Å². The predicted octanol–water partition coefficient (Wildman–Crippen LogP) is 6.90. The Balaban J connectivity index is 1.57. The number of carboxylic acid groups (broad SMARTS) is 1. The Kier molecular flexibility index (Phi) is 7.58. The zero-order chi connectivity index (χ0) is 29.1. The maximum Gasteiger partial charge on any atom is 0.416 e. The molecule has 5 aromatic rings. The van der Waals surface area contributed by atoms with Crippen LogP contribution in [0.3, 0.4) is 0 Å². The number of fused-ring (bicyclic) bond motifs is 1. The van der Waals surface area contributed by atoms with E-state index >= 15 is 0 Å². The van der Waals surface area contributed by atoms with Crippen LogP contribution in [0.1, 0.15) is 27.0 Å². The van der Waals surface area contributed by atoms with Gasteiger partial charge in [0, 0.05) is 16.1 Å². The number of aromatic carboxylic acids is 1. The van der Waals surface area contributed by atoms with E-state index in [0.29, 0.717) is 27.4 Å². The van der Waals surface area contributed by atoms with Crippen molar-refractivity contribution < 1.29 is 27.8 Å². The van der Waals surface area contributed by atoms with E-state index < -0.39 is 23.3 Å². The molecule has 4 aromatic carbocycles. The van der Waals surface area contributed by atoms with E-state index in [0.717, 1.165) is 16.8 Å². The fourth-order valence-corrected chi connectivity index (χ4v) is 4.26. The molecule has 0 radical (unpaired) electrons. The summed E-state index contributed by atoms with van der Waals surface area (Å²) >= 11 is 6.20. The molecule has 11 heteroatoms. The Morgan fingerprint density at radius 2 is 1.78 bits per heavy atom. The van der Waals surface area contributed by atoms with Crippen molar-refractivity contribution in [2.75, 3.05) is 0 Å². The maximum absolute atomic E-state index is 13.5. The van der Waals surface area contributed by atoms with Gasteiger partial charge >= 0.3 is 12.1 Å². The quantitative estimate of drug-likeness (QED) is 0.212. The third kappa shape index (κ3) is 6.12. The number of carboxylic acids is 1. The molecule has 1 N–H and O–H groups in total. The van der Waals surface area contributed by atoms with Gasteiger partial charge in [-0.2, -0.15) is 22.9 Å². The van der Waals surface area contributed by atoms with E-state index in [1.54, 1.807) is 48.5 Å². The molecule has 0 saturated heterocycles. The Morgan fingerprint density at radius 3 is 2.56 bits per heavy atom. The molecule has 0 fully saturated rings. The van der Waals surface area contributed by atoms with Crippen LogP contribution in [0.2, 0.25) is 5.02 Å². The Bertz CT molecular complexity index is 1870. The van der Waals surface area contributed by atoms with Crippen molar-refractivity contribution in [3.63, 3.8) is 0 Å². The summed E-state index contributed by atoms with van der Waals surface area (Å²) in [5, 5.41) is 14.1. The minimum Gasteiger partial charge on any atom is -0.488 e. The topological polar surface area (TPSA) is 93.8 Å². The summed E-state index contributed by atoms with van der Waals surface area (Å²) in [5.74, 6) is -0.843. The summed E-state index contributed by atoms with van der Waals surface area (Å²) in [7, 11) is 0. The minimum atomic E-state index is -4.60. The molecule has 0 spiro atoms. The summed E-state index contributed by atoms with van der Waals surface area (Å²) in [5.41, 5.74) is -0.0760. The number of nitrogens with zero attached hydrogens (tertiary/aromatic N) is 3. The summed E-state index contributed by atoms with van der Waals surface area (Å²) in [6.45, 7) is 0.0244. The number of para-hydroxylation sites is 1. The molecule has 0 aliphatic rings. The molecule has 41 heavy (non-hydrogen) atoms. The first kappa shape index (κ1) is 27.6. The van der Waals surface area contributed by atoms with Crippen molar-refractivity contribution in [2.45, 2.75) is 12.8 Å². The lowest BCUT2D eigenvalue weighted by molar-refractivity contribution is -0.137. The highest BCUT2D eigenvalue weighted by molar-refractivity contribution is 6.30. The standard InChI is InChI=1S/C30H19ClF3N3O4/c31-23-11-12-26(41-17-18-5-3-7-20(13-18)29(39)40)21(15-23)16-35-37-27(19-6-4-8-22(14-19)30(32,33)34)36-25-10-2-1-9-24(25)28(37)38/h1-16H,17H2,(H,39,40). The van der Waals surface area contributed by atoms with E-state index in [4.69, 9.17) is 16.3 Å². The number of hydrogen-bond donors (Lipinski definition) is 1. The summed E-state index contributed by atoms with van der Waals surface area (Å²) < 4.78 is 47.2. The second-order valence-electron chi connectivity index (χ2n) is 8.87. The van der Waals surface area contributed by atoms with Gasteiger partial charge in [0.25, 0.3) is 5.56 Å². The predicted molar refractivity (Wildman–Crippen MR) is 149 cm³/mol. The van der Waals surface area contributed by atoms with E-state index in [2.05, 4.69) is 10.1 Å². The third-order valence-corrected chi connectivity index (χ3v) is 6.29. The van der Waals surface area contributed by atoms with Crippen LogP contribution in [-0.4, -0.2) is 27.0 Å². The fraction of sp³-hybridized carbons (Fsp3) is 0.0667. The molecule has 1 aromatic heterocycles. The minimum absolute atomic E-state index is 0.0244. The number of carbonyl (C=O) groups is 1. The lowest BCUT2D eigenvalue weighted by Crippen LogP contribution is -2.20. The van der Waals surface area contributed by atoms with Crippen LogP contribution in [0.4, 0.5) is 13.2 Å². The van der Waals surface area contributed by atoms with Crippen LogP contribution >= 0.6 is 11.6 Å². The fourth-order valence-electron chi connectivity index (χ4n) is 4.08. The molecular formula is C30H19ClF3N3O4. The van der Waals surface area contributed by atoms with Gasteiger partial charge in [-0.05, 0) is 60.2 Å². The zero-order valence-electron chi connectivity index (χ0n) is 21.0. The number of ether oxygens (including phenoxy) is 1. The van der Waals surface area contributed by atoms with Crippen molar-refractivity contribution in [2.24, 2.45) is 5.10 Å². The van der Waals surface area contributed by atoms with Crippen LogP contribution in [0.5, 0.6) is 5.75 Å². The lowest BCUT2D eigenvalue weighted by Gasteiger charge is -2.13. The average Bonchev–Trinajstić information content (AvgIpc) is 2.96. The first-order valence-corrected chi connectivity index (χ1v) is 12.5. The number of aromatic nitrogens is 2. The monoisotopic (exact) mass is 577 g/mol. The third-order valence-electron chi connectivity index (χ3n) is 6.05. The largest absolute Gasteiger partial charge is 0.488 e. The summed E-state index contributed by atoms with van der Waals surface area (Å²) in [4.78, 5) is 29.2. The molecule has 206 valence electrons. The van der Waals surface area contributed by atoms with Crippen LogP contribution in [-0.2, 0) is 12.8 Å². The first-order chi connectivity index (χ1) is 19.6. The molecule has 0 aliphatic heterocycles. The van der Waals surface area contributed by atoms with Crippen molar-refractivity contribution in [1.82, 2.24) is 9.66 Å². The van der Waals surface area contributed by atoms with Crippen molar-refractivity contribution in [1.29, 1.82) is 0 Å². The molecule has 0 aliphatic carbocycles. The number of halogens is 4. The second kappa shape index (κ2) is 11.3. The highest BCUT2D eigenvalue weighted by Crippen LogP contribution is 2.32. The van der Waals surface area contributed by atoms with Gasteiger partial charge in [0.2, 0.25) is 0 Å². The van der Waals surface area contributed by atoms with Gasteiger partial charge in [0.05, 0.1) is 28.2 Å². The van der Waals surface area contributed by atoms with E-state index in [9.17, 15) is 27.9 Å². The molecule has 5 rings (SSSR count). The van der Waals surface area contributed by atoms with Gasteiger partial charge in [-0.25, -0.2) is 9.78 Å². The van der Waals surface area contributed by atoms with Crippen LogP contribution in [0.25, 0.3) is 22.3 Å². The maximum atomic E-state index is 13.5. The molecule has 0 unspecified atom stereocenters. The van der Waals surface area contributed by atoms with Gasteiger partial charge in [0.1, 0.15) is 12.4 Å². The summed E-state index contributed by atoms with van der Waals surface area (Å²) in [6, 6.07) is 21.9. The lowest BCUT2D eigenvalue weighted by atomic mass is 10.1. The second-order valence-corrected chi connectivity index (χ2v) is 9.31. The van der Waals surface area contributed by atoms with Gasteiger partial charge < -0.3 is 9.84 Å². The smallest absolute Gasteiger partial charge is 0.416 e. The normalized spacial score (nSPS) is 11.7. The van der Waals surface area contributed by atoms with Crippen LogP contribution < -0.4 is 10.3 Å². The first-order valence-electron chi connectivity index (χ1n) is 12.1. The molecule has 0 atom stereocenters. The summed E-state index contributed by atoms with van der Waals surface area (Å²) in [6.07, 6.45) is -3.30. The highest BCUT2D eigenvalue weighted by atomic mass is 35.5. The van der Waals surface area contributed by atoms with E-state index in [-0.39, 0.29) is 28.9 Å². The van der Waals surface area contributed by atoms with E-state index in [1.807, 2.05) is 0 Å². The SMILES string of the molecule is O=C(O)c1cccc(COc2ccc(Cl)cc2C=Nn2c(-c3cccc(C(F)(F)F)c3)nc3ccccc3c2=O)c1. The Hall–Kier alpha value is -4.96. The average molecular weight is 578 g/mol. The molecular weight excluding hydrogens is 559 g/mol. The molecule has 0 bridgehead atoms. The zero-order valence-corrected chi connectivity index (χ0v) is 21.7. The van der Waals surface area contributed by atoms with Crippen LogP contribution in [0.15, 0.2) is 101 Å². The number of rotatable bonds is 7.